The summed E-state index contributed by atoms with van der Waals surface area (Å²) in [7, 11) is 1.63. The first-order valence-electron chi connectivity index (χ1n) is 7.10. The molecule has 3 rings (SSSR count). The molecule has 0 saturated carbocycles. The third-order valence-corrected chi connectivity index (χ3v) is 6.14. The molecule has 1 atom stereocenters. The first kappa shape index (κ1) is 16.5. The van der Waals surface area contributed by atoms with Crippen molar-refractivity contribution < 1.29 is 14.3 Å². The zero-order chi connectivity index (χ0) is 16.2. The molecule has 4 nitrogen and oxygen atoms in total. The van der Waals surface area contributed by atoms with Gasteiger partial charge in [-0.05, 0) is 36.4 Å². The van der Waals surface area contributed by atoms with Crippen molar-refractivity contribution in [2.75, 3.05) is 26.0 Å². The molecule has 1 saturated heterocycles. The van der Waals surface area contributed by atoms with Crippen molar-refractivity contribution in [1.29, 1.82) is 0 Å². The van der Waals surface area contributed by atoms with Crippen LogP contribution in [0, 0.1) is 0 Å². The van der Waals surface area contributed by atoms with Crippen molar-refractivity contribution >= 4 is 40.6 Å². The van der Waals surface area contributed by atoms with Gasteiger partial charge in [0.25, 0.3) is 0 Å². The second-order valence-electron chi connectivity index (χ2n) is 4.92. The van der Waals surface area contributed by atoms with E-state index < -0.39 is 0 Å². The number of halogens is 1. The fraction of sp³-hybridized carbons (Fsp3) is 0.312. The summed E-state index contributed by atoms with van der Waals surface area (Å²) >= 11 is 9.16. The van der Waals surface area contributed by atoms with Crippen LogP contribution in [0.25, 0.3) is 0 Å². The largest absolute Gasteiger partial charge is 0.497 e. The lowest BCUT2D eigenvalue weighted by Gasteiger charge is -2.23. The molecule has 1 amide bonds. The Morgan fingerprint density at radius 3 is 2.61 bits per heavy atom. The number of hydrogen-bond acceptors (Lipinski definition) is 5. The van der Waals surface area contributed by atoms with Crippen LogP contribution in [0.1, 0.15) is 10.3 Å². The second-order valence-corrected chi connectivity index (χ2v) is 7.73. The number of thioether (sulfide) groups is 1. The van der Waals surface area contributed by atoms with E-state index in [1.54, 1.807) is 18.9 Å². The molecule has 1 unspecified atom stereocenters. The number of rotatable bonds is 6. The Morgan fingerprint density at radius 2 is 1.96 bits per heavy atom. The predicted octanol–water partition coefficient (Wildman–Crippen LogP) is 4.06. The van der Waals surface area contributed by atoms with Crippen molar-refractivity contribution in [3.05, 3.63) is 45.6 Å². The van der Waals surface area contributed by atoms with Gasteiger partial charge in [-0.2, -0.15) is 0 Å². The maximum absolute atomic E-state index is 12.1. The molecule has 0 N–H and O–H groups in total. The minimum atomic E-state index is 0.0412. The van der Waals surface area contributed by atoms with Crippen molar-refractivity contribution in [3.63, 3.8) is 0 Å². The van der Waals surface area contributed by atoms with Gasteiger partial charge in [0.2, 0.25) is 5.91 Å². The van der Waals surface area contributed by atoms with Gasteiger partial charge >= 0.3 is 0 Å². The number of carbonyl (C=O) groups excluding carboxylic acids is 1. The summed E-state index contributed by atoms with van der Waals surface area (Å²) in [6.45, 7) is 1.01. The summed E-state index contributed by atoms with van der Waals surface area (Å²) in [6, 6.07) is 11.3. The maximum atomic E-state index is 12.1. The summed E-state index contributed by atoms with van der Waals surface area (Å²) in [5.74, 6) is 2.20. The number of methoxy groups -OCH3 is 1. The van der Waals surface area contributed by atoms with Crippen LogP contribution in [-0.4, -0.2) is 36.8 Å². The average Bonchev–Trinajstić information content (AvgIpc) is 3.14. The number of amides is 1. The fourth-order valence-corrected chi connectivity index (χ4v) is 4.84. The summed E-state index contributed by atoms with van der Waals surface area (Å²) < 4.78 is 11.6. The molecule has 0 spiro atoms. The summed E-state index contributed by atoms with van der Waals surface area (Å²) in [6.07, 6.45) is 0. The molecule has 1 aromatic carbocycles. The first-order chi connectivity index (χ1) is 11.2. The number of ether oxygens (including phenoxy) is 2. The molecule has 2 heterocycles. The van der Waals surface area contributed by atoms with Crippen LogP contribution in [0.15, 0.2) is 36.4 Å². The van der Waals surface area contributed by atoms with Crippen LogP contribution >= 0.6 is 34.7 Å². The van der Waals surface area contributed by atoms with Gasteiger partial charge in [-0.15, -0.1) is 23.1 Å². The molecule has 1 fully saturated rings. The Hall–Kier alpha value is -1.37. The van der Waals surface area contributed by atoms with E-state index in [0.29, 0.717) is 18.9 Å². The highest BCUT2D eigenvalue weighted by atomic mass is 35.5. The maximum Gasteiger partial charge on any atom is 0.233 e. The molecule has 1 aliphatic rings. The predicted molar refractivity (Wildman–Crippen MR) is 94.7 cm³/mol. The highest BCUT2D eigenvalue weighted by Crippen LogP contribution is 2.42. The van der Waals surface area contributed by atoms with Gasteiger partial charge in [-0.25, -0.2) is 0 Å². The molecule has 0 aliphatic carbocycles. The van der Waals surface area contributed by atoms with Crippen LogP contribution in [0.4, 0.5) is 0 Å². The van der Waals surface area contributed by atoms with Crippen LogP contribution in [0.5, 0.6) is 11.5 Å². The van der Waals surface area contributed by atoms with Gasteiger partial charge in [0, 0.05) is 4.88 Å². The van der Waals surface area contributed by atoms with Gasteiger partial charge in [-0.3, -0.25) is 4.79 Å². The number of nitrogens with zero attached hydrogens (tertiary/aromatic N) is 1. The zero-order valence-electron chi connectivity index (χ0n) is 12.5. The number of hydrogen-bond donors (Lipinski definition) is 0. The summed E-state index contributed by atoms with van der Waals surface area (Å²) in [4.78, 5) is 15.1. The van der Waals surface area contributed by atoms with Crippen molar-refractivity contribution in [1.82, 2.24) is 4.90 Å². The topological polar surface area (TPSA) is 38.8 Å². The molecule has 1 aromatic heterocycles. The minimum Gasteiger partial charge on any atom is -0.497 e. The van der Waals surface area contributed by atoms with Gasteiger partial charge in [0.05, 0.1) is 23.7 Å². The van der Waals surface area contributed by atoms with Crippen molar-refractivity contribution in [2.24, 2.45) is 0 Å². The SMILES string of the molecule is COc1ccc(OCCN2C(=O)CSC2c2ccc(Cl)s2)cc1. The lowest BCUT2D eigenvalue weighted by Crippen LogP contribution is -2.32. The summed E-state index contributed by atoms with van der Waals surface area (Å²) in [5, 5.41) is 0.0412. The highest BCUT2D eigenvalue weighted by Gasteiger charge is 2.33. The first-order valence-corrected chi connectivity index (χ1v) is 9.35. The monoisotopic (exact) mass is 369 g/mol. The van der Waals surface area contributed by atoms with Crippen LogP contribution in [-0.2, 0) is 4.79 Å². The number of benzene rings is 1. The quantitative estimate of drug-likeness (QED) is 0.769. The van der Waals surface area contributed by atoms with E-state index in [1.807, 2.05) is 41.3 Å². The lowest BCUT2D eigenvalue weighted by molar-refractivity contribution is -0.128. The zero-order valence-corrected chi connectivity index (χ0v) is 14.9. The van der Waals surface area contributed by atoms with E-state index in [2.05, 4.69) is 0 Å². The van der Waals surface area contributed by atoms with Gasteiger partial charge in [0.15, 0.2) is 0 Å². The van der Waals surface area contributed by atoms with Gasteiger partial charge in [0.1, 0.15) is 23.5 Å². The molecule has 23 heavy (non-hydrogen) atoms. The minimum absolute atomic E-state index is 0.0412. The highest BCUT2D eigenvalue weighted by molar-refractivity contribution is 8.00. The Kier molecular flexibility index (Phi) is 5.35. The standard InChI is InChI=1S/C16H16ClNO3S2/c1-20-11-2-4-12(5-3-11)21-9-8-18-15(19)10-22-16(18)13-6-7-14(17)23-13/h2-7,16H,8-10H2,1H3. The summed E-state index contributed by atoms with van der Waals surface area (Å²) in [5.41, 5.74) is 0. The number of carbonyl (C=O) groups is 1. The van der Waals surface area contributed by atoms with E-state index >= 15 is 0 Å². The molecule has 0 bridgehead atoms. The Morgan fingerprint density at radius 1 is 1.22 bits per heavy atom. The van der Waals surface area contributed by atoms with Crippen LogP contribution in [0.2, 0.25) is 4.34 Å². The Labute approximate surface area is 148 Å². The molecule has 122 valence electrons. The third-order valence-electron chi connectivity index (χ3n) is 3.47. The molecule has 0 radical (unpaired) electrons. The Balaban J connectivity index is 1.58. The third kappa shape index (κ3) is 3.94. The van der Waals surface area contributed by atoms with E-state index in [0.717, 1.165) is 20.7 Å². The Bertz CT molecular complexity index is 674. The number of thiophene rings is 1. The van der Waals surface area contributed by atoms with Crippen LogP contribution in [0.3, 0.4) is 0 Å². The van der Waals surface area contributed by atoms with Gasteiger partial charge < -0.3 is 14.4 Å². The smallest absolute Gasteiger partial charge is 0.233 e. The van der Waals surface area contributed by atoms with E-state index in [9.17, 15) is 4.79 Å². The molecule has 7 heteroatoms. The van der Waals surface area contributed by atoms with E-state index in [1.165, 1.54) is 11.3 Å². The van der Waals surface area contributed by atoms with Gasteiger partial charge in [-0.1, -0.05) is 11.6 Å². The molecule has 2 aromatic rings. The molecule has 1 aliphatic heterocycles. The van der Waals surface area contributed by atoms with Crippen LogP contribution < -0.4 is 9.47 Å². The fourth-order valence-electron chi connectivity index (χ4n) is 2.33. The second kappa shape index (κ2) is 7.47. The van der Waals surface area contributed by atoms with Crippen molar-refractivity contribution in [3.8, 4) is 11.5 Å². The lowest BCUT2D eigenvalue weighted by atomic mass is 10.3. The average molecular weight is 370 g/mol. The molecular weight excluding hydrogens is 354 g/mol. The molecular formula is C16H16ClNO3S2. The van der Waals surface area contributed by atoms with E-state index in [4.69, 9.17) is 21.1 Å². The van der Waals surface area contributed by atoms with Crippen molar-refractivity contribution in [2.45, 2.75) is 5.37 Å². The van der Waals surface area contributed by atoms with E-state index in [-0.39, 0.29) is 11.3 Å². The normalized spacial score (nSPS) is 17.6.